The molecule has 2 aromatic heterocycles. The van der Waals surface area contributed by atoms with Crippen LogP contribution in [0.1, 0.15) is 6.42 Å². The van der Waals surface area contributed by atoms with Gasteiger partial charge in [-0.1, -0.05) is 30.3 Å². The number of carbonyl (C=O) groups excluding carboxylic acids is 2. The number of urea groups is 1. The van der Waals surface area contributed by atoms with E-state index in [1.165, 1.54) is 18.1 Å². The largest absolute Gasteiger partial charge is 0.351 e. The molecule has 0 bridgehead atoms. The molecular weight excluding hydrogens is 344 g/mol. The minimum atomic E-state index is -0.834. The van der Waals surface area contributed by atoms with Crippen molar-refractivity contribution in [1.29, 1.82) is 0 Å². The van der Waals surface area contributed by atoms with Gasteiger partial charge in [0.15, 0.2) is 0 Å². The maximum absolute atomic E-state index is 11.4. The van der Waals surface area contributed by atoms with Gasteiger partial charge in [-0.3, -0.25) is 10.1 Å². The van der Waals surface area contributed by atoms with Crippen LogP contribution in [0.15, 0.2) is 47.8 Å². The second-order valence-electron chi connectivity index (χ2n) is 4.89. The van der Waals surface area contributed by atoms with Crippen molar-refractivity contribution in [2.45, 2.75) is 11.4 Å². The molecular formula is C16H14N4O2S2. The van der Waals surface area contributed by atoms with Crippen LogP contribution >= 0.6 is 23.1 Å². The van der Waals surface area contributed by atoms with Gasteiger partial charge in [-0.15, -0.1) is 23.1 Å². The maximum Gasteiger partial charge on any atom is 0.318 e. The number of nitrogens with one attached hydrogen (secondary N) is 1. The molecule has 0 saturated heterocycles. The molecule has 0 aliphatic carbocycles. The summed E-state index contributed by atoms with van der Waals surface area (Å²) in [4.78, 5) is 32.7. The van der Waals surface area contributed by atoms with Crippen LogP contribution < -0.4 is 11.1 Å². The number of primary amides is 1. The second-order valence-corrected chi connectivity index (χ2v) is 7.00. The van der Waals surface area contributed by atoms with E-state index in [0.717, 1.165) is 25.7 Å². The van der Waals surface area contributed by atoms with Gasteiger partial charge in [-0.05, 0) is 11.6 Å². The van der Waals surface area contributed by atoms with E-state index in [4.69, 9.17) is 5.73 Å². The van der Waals surface area contributed by atoms with Gasteiger partial charge in [-0.2, -0.15) is 0 Å². The van der Waals surface area contributed by atoms with Crippen LogP contribution in [0.25, 0.3) is 20.7 Å². The van der Waals surface area contributed by atoms with Gasteiger partial charge in [-0.25, -0.2) is 14.8 Å². The number of nitrogens with zero attached hydrogens (tertiary/aromatic N) is 2. The molecule has 6 nitrogen and oxygen atoms in total. The zero-order valence-corrected chi connectivity index (χ0v) is 14.2. The lowest BCUT2D eigenvalue weighted by molar-refractivity contribution is -0.119. The molecule has 0 spiro atoms. The number of benzene rings is 1. The standard InChI is InChI=1S/C16H14N4O2S2/c17-16(22)20-13(21)6-7-23-14-11-8-12(10-4-2-1-3-5-10)24-15(11)19-9-18-14/h1-5,8-9H,6-7H2,(H3,17,20,21,22). The predicted octanol–water partition coefficient (Wildman–Crippen LogP) is 3.04. The number of aromatic nitrogens is 2. The van der Waals surface area contributed by atoms with Gasteiger partial charge in [0.05, 0.1) is 0 Å². The van der Waals surface area contributed by atoms with Gasteiger partial charge in [0.1, 0.15) is 16.2 Å². The molecule has 24 heavy (non-hydrogen) atoms. The summed E-state index contributed by atoms with van der Waals surface area (Å²) >= 11 is 3.06. The summed E-state index contributed by atoms with van der Waals surface area (Å²) < 4.78 is 0. The Labute approximate surface area is 146 Å². The summed E-state index contributed by atoms with van der Waals surface area (Å²) in [5.41, 5.74) is 6.05. The first-order valence-electron chi connectivity index (χ1n) is 7.15. The third kappa shape index (κ3) is 3.90. The quantitative estimate of drug-likeness (QED) is 0.540. The first kappa shape index (κ1) is 16.4. The second kappa shape index (κ2) is 7.41. The molecule has 3 rings (SSSR count). The molecule has 8 heteroatoms. The minimum Gasteiger partial charge on any atom is -0.351 e. The fourth-order valence-electron chi connectivity index (χ4n) is 2.13. The molecule has 3 amide bonds. The summed E-state index contributed by atoms with van der Waals surface area (Å²) in [6, 6.07) is 11.3. The van der Waals surface area contributed by atoms with Crippen molar-refractivity contribution in [3.63, 3.8) is 0 Å². The Hall–Kier alpha value is -2.45. The van der Waals surface area contributed by atoms with Crippen LogP contribution in [-0.2, 0) is 4.79 Å². The highest BCUT2D eigenvalue weighted by Gasteiger charge is 2.11. The summed E-state index contributed by atoms with van der Waals surface area (Å²) in [5.74, 6) is 0.109. The van der Waals surface area contributed by atoms with Crippen molar-refractivity contribution in [2.24, 2.45) is 5.73 Å². The highest BCUT2D eigenvalue weighted by molar-refractivity contribution is 7.99. The summed E-state index contributed by atoms with van der Waals surface area (Å²) in [6.07, 6.45) is 1.72. The van der Waals surface area contributed by atoms with E-state index in [0.29, 0.717) is 5.75 Å². The molecule has 2 heterocycles. The highest BCUT2D eigenvalue weighted by Crippen LogP contribution is 2.36. The summed E-state index contributed by atoms with van der Waals surface area (Å²) in [5, 5.41) is 3.85. The van der Waals surface area contributed by atoms with Gasteiger partial charge in [0.25, 0.3) is 0 Å². The van der Waals surface area contributed by atoms with E-state index in [2.05, 4.69) is 28.2 Å². The maximum atomic E-state index is 11.4. The average molecular weight is 358 g/mol. The number of rotatable bonds is 5. The number of thioether (sulfide) groups is 1. The predicted molar refractivity (Wildman–Crippen MR) is 95.9 cm³/mol. The van der Waals surface area contributed by atoms with Crippen LogP contribution in [0.5, 0.6) is 0 Å². The zero-order chi connectivity index (χ0) is 16.9. The summed E-state index contributed by atoms with van der Waals surface area (Å²) in [6.45, 7) is 0. The van der Waals surface area contributed by atoms with Crippen LogP contribution in [0.2, 0.25) is 0 Å². The van der Waals surface area contributed by atoms with Gasteiger partial charge < -0.3 is 5.73 Å². The molecule has 0 radical (unpaired) electrons. The molecule has 1 aromatic carbocycles. The van der Waals surface area contributed by atoms with Gasteiger partial charge in [0.2, 0.25) is 5.91 Å². The number of hydrogen-bond donors (Lipinski definition) is 2. The van der Waals surface area contributed by atoms with Crippen molar-refractivity contribution in [3.05, 3.63) is 42.7 Å². The van der Waals surface area contributed by atoms with Crippen molar-refractivity contribution in [1.82, 2.24) is 15.3 Å². The molecule has 0 atom stereocenters. The fourth-order valence-corrected chi connectivity index (χ4v) is 4.12. The Balaban J connectivity index is 1.76. The van der Waals surface area contributed by atoms with Crippen LogP contribution in [0.4, 0.5) is 4.79 Å². The minimum absolute atomic E-state index is 0.189. The Bertz CT molecular complexity index is 880. The first-order valence-corrected chi connectivity index (χ1v) is 8.96. The van der Waals surface area contributed by atoms with Gasteiger partial charge >= 0.3 is 6.03 Å². The SMILES string of the molecule is NC(=O)NC(=O)CCSc1ncnc2sc(-c3ccccc3)cc12. The number of fused-ring (bicyclic) bond motifs is 1. The molecule has 0 unspecified atom stereocenters. The third-order valence-corrected chi connectivity index (χ3v) is 5.28. The van der Waals surface area contributed by atoms with E-state index < -0.39 is 11.9 Å². The number of amides is 3. The molecule has 122 valence electrons. The third-order valence-electron chi connectivity index (χ3n) is 3.18. The average Bonchev–Trinajstić information content (AvgIpc) is 3.00. The Morgan fingerprint density at radius 3 is 2.75 bits per heavy atom. The van der Waals surface area contributed by atoms with Crippen molar-refractivity contribution < 1.29 is 9.59 Å². The molecule has 0 fully saturated rings. The monoisotopic (exact) mass is 358 g/mol. The summed E-state index contributed by atoms with van der Waals surface area (Å²) in [7, 11) is 0. The normalized spacial score (nSPS) is 10.7. The molecule has 0 saturated carbocycles. The lowest BCUT2D eigenvalue weighted by Gasteiger charge is -2.02. The highest BCUT2D eigenvalue weighted by atomic mass is 32.2. The lowest BCUT2D eigenvalue weighted by atomic mass is 10.2. The Kier molecular flexibility index (Phi) is 5.07. The first-order chi connectivity index (χ1) is 11.6. The van der Waals surface area contributed by atoms with Crippen molar-refractivity contribution in [2.75, 3.05) is 5.75 Å². The van der Waals surface area contributed by atoms with Crippen LogP contribution in [0.3, 0.4) is 0 Å². The lowest BCUT2D eigenvalue weighted by Crippen LogP contribution is -2.35. The number of carbonyl (C=O) groups is 2. The van der Waals surface area contributed by atoms with Crippen molar-refractivity contribution >= 4 is 45.3 Å². The molecule has 0 aliphatic heterocycles. The smallest absolute Gasteiger partial charge is 0.318 e. The van der Waals surface area contributed by atoms with E-state index in [-0.39, 0.29) is 6.42 Å². The zero-order valence-electron chi connectivity index (χ0n) is 12.6. The topological polar surface area (TPSA) is 98.0 Å². The number of thiophene rings is 1. The Morgan fingerprint density at radius 2 is 2.00 bits per heavy atom. The van der Waals surface area contributed by atoms with E-state index >= 15 is 0 Å². The van der Waals surface area contributed by atoms with Crippen LogP contribution in [-0.4, -0.2) is 27.7 Å². The van der Waals surface area contributed by atoms with E-state index in [9.17, 15) is 9.59 Å². The van der Waals surface area contributed by atoms with E-state index in [1.807, 2.05) is 23.5 Å². The molecule has 3 aromatic rings. The van der Waals surface area contributed by atoms with E-state index in [1.54, 1.807) is 11.3 Å². The number of nitrogens with two attached hydrogens (primary N) is 1. The fraction of sp³-hybridized carbons (Fsp3) is 0.125. The molecule has 0 aliphatic rings. The van der Waals surface area contributed by atoms with Crippen molar-refractivity contribution in [3.8, 4) is 10.4 Å². The van der Waals surface area contributed by atoms with Gasteiger partial charge in [0, 0.05) is 22.4 Å². The molecule has 3 N–H and O–H groups in total. The number of imide groups is 1. The number of hydrogen-bond acceptors (Lipinski definition) is 6. The Morgan fingerprint density at radius 1 is 1.21 bits per heavy atom. The van der Waals surface area contributed by atoms with Crippen LogP contribution in [0, 0.1) is 0 Å².